The highest BCUT2D eigenvalue weighted by molar-refractivity contribution is 6.74. The highest BCUT2D eigenvalue weighted by Crippen LogP contribution is 2.47. The molecule has 1 aliphatic heterocycles. The van der Waals surface area contributed by atoms with Crippen molar-refractivity contribution < 1.29 is 23.5 Å². The summed E-state index contributed by atoms with van der Waals surface area (Å²) in [7, 11) is -4.79. The lowest BCUT2D eigenvalue weighted by Crippen LogP contribution is -2.58. The summed E-state index contributed by atoms with van der Waals surface area (Å²) in [5.74, 6) is -0.357. The van der Waals surface area contributed by atoms with Gasteiger partial charge in [0.2, 0.25) is 5.91 Å². The average Bonchev–Trinajstić information content (AvgIpc) is 2.96. The smallest absolute Gasteiger partial charge is 0.330 e. The fourth-order valence-electron chi connectivity index (χ4n) is 3.70. The molecule has 4 atom stereocenters. The van der Waals surface area contributed by atoms with Gasteiger partial charge in [0.1, 0.15) is 17.8 Å². The molecule has 0 bridgehead atoms. The van der Waals surface area contributed by atoms with E-state index in [2.05, 4.69) is 64.9 Å². The average molecular weight is 558 g/mol. The number of nitrogens with zero attached hydrogens (tertiary/aromatic N) is 1. The van der Waals surface area contributed by atoms with Crippen molar-refractivity contribution in [3.05, 3.63) is 33.1 Å². The maximum absolute atomic E-state index is 12.9. The van der Waals surface area contributed by atoms with Crippen LogP contribution in [0.4, 0.5) is 0 Å². The monoisotopic (exact) mass is 557 g/mol. The van der Waals surface area contributed by atoms with Crippen molar-refractivity contribution in [3.63, 3.8) is 0 Å². The molecule has 1 aliphatic rings. The van der Waals surface area contributed by atoms with Gasteiger partial charge in [0.05, 0.1) is 13.0 Å². The van der Waals surface area contributed by atoms with Crippen LogP contribution in [0.15, 0.2) is 21.9 Å². The van der Waals surface area contributed by atoms with Gasteiger partial charge in [-0.2, -0.15) is 0 Å². The van der Waals surface area contributed by atoms with E-state index in [1.807, 2.05) is 13.1 Å². The Morgan fingerprint density at radius 2 is 1.70 bits per heavy atom. The van der Waals surface area contributed by atoms with Crippen LogP contribution >= 0.6 is 0 Å². The van der Waals surface area contributed by atoms with E-state index in [0.29, 0.717) is 6.54 Å². The van der Waals surface area contributed by atoms with E-state index in [9.17, 15) is 19.5 Å². The third-order valence-corrected chi connectivity index (χ3v) is 17.1. The first-order chi connectivity index (χ1) is 16.7. The fourth-order valence-corrected chi connectivity index (χ4v) is 6.01. The fraction of sp³-hybridized carbons (Fsp3) is 0.800. The molecule has 37 heavy (non-hydrogen) atoms. The molecule has 0 radical (unpaired) electrons. The molecule has 0 unspecified atom stereocenters. The number of aromatic amines is 1. The Morgan fingerprint density at radius 1 is 1.14 bits per heavy atom. The van der Waals surface area contributed by atoms with Gasteiger partial charge in [0.15, 0.2) is 22.9 Å². The number of amides is 1. The van der Waals surface area contributed by atoms with Crippen molar-refractivity contribution >= 4 is 22.5 Å². The lowest BCUT2D eigenvalue weighted by atomic mass is 9.88. The Labute approximate surface area is 222 Å². The zero-order valence-electron chi connectivity index (χ0n) is 24.4. The minimum absolute atomic E-state index is 0.0262. The SMILES string of the molecule is CCNC(=O)C[C@@]1(O)[C@@H](CO[Si](C)(C)C(C)(C)C)O[C@@H](n2ccc(=O)[nH]c2=O)[C@@H]1O[Si](C)(C)C(C)(C)C. The number of H-pyrrole nitrogens is 1. The zero-order valence-corrected chi connectivity index (χ0v) is 26.4. The quantitative estimate of drug-likeness (QED) is 0.398. The molecule has 2 rings (SSSR count). The topological polar surface area (TPSA) is 132 Å². The summed E-state index contributed by atoms with van der Waals surface area (Å²) in [5, 5.41) is 14.7. The van der Waals surface area contributed by atoms with Crippen LogP contribution in [0.25, 0.3) is 0 Å². The Kier molecular flexibility index (Phi) is 9.31. The number of carbonyl (C=O) groups excluding carboxylic acids is 1. The second kappa shape index (κ2) is 10.9. The molecule has 1 aromatic heterocycles. The van der Waals surface area contributed by atoms with Crippen molar-refractivity contribution in [1.29, 1.82) is 0 Å². The van der Waals surface area contributed by atoms with Gasteiger partial charge in [-0.05, 0) is 43.2 Å². The summed E-state index contributed by atoms with van der Waals surface area (Å²) in [6.07, 6.45) is -2.06. The zero-order chi connectivity index (χ0) is 28.6. The van der Waals surface area contributed by atoms with Crippen LogP contribution in [0.2, 0.25) is 36.3 Å². The molecule has 1 saturated heterocycles. The molecule has 1 amide bonds. The maximum Gasteiger partial charge on any atom is 0.330 e. The Bertz CT molecular complexity index is 1070. The predicted molar refractivity (Wildman–Crippen MR) is 149 cm³/mol. The summed E-state index contributed by atoms with van der Waals surface area (Å²) in [6.45, 7) is 23.0. The van der Waals surface area contributed by atoms with Crippen LogP contribution in [0.1, 0.15) is 61.1 Å². The summed E-state index contributed by atoms with van der Waals surface area (Å²) in [5.41, 5.74) is -3.03. The van der Waals surface area contributed by atoms with Crippen LogP contribution in [-0.4, -0.2) is 68.2 Å². The van der Waals surface area contributed by atoms with Crippen LogP contribution in [0.3, 0.4) is 0 Å². The predicted octanol–water partition coefficient (Wildman–Crippen LogP) is 3.10. The summed E-state index contributed by atoms with van der Waals surface area (Å²) in [4.78, 5) is 39.7. The van der Waals surface area contributed by atoms with E-state index in [1.54, 1.807) is 6.92 Å². The number of rotatable bonds is 9. The van der Waals surface area contributed by atoms with Gasteiger partial charge in [0, 0.05) is 18.8 Å². The van der Waals surface area contributed by atoms with Gasteiger partial charge in [-0.15, -0.1) is 0 Å². The van der Waals surface area contributed by atoms with Crippen molar-refractivity contribution in [2.75, 3.05) is 13.2 Å². The molecule has 10 nitrogen and oxygen atoms in total. The van der Waals surface area contributed by atoms with Gasteiger partial charge in [0.25, 0.3) is 5.56 Å². The van der Waals surface area contributed by atoms with Crippen molar-refractivity contribution in [2.24, 2.45) is 0 Å². The number of carbonyl (C=O) groups is 1. The van der Waals surface area contributed by atoms with E-state index in [1.165, 1.54) is 16.8 Å². The molecule has 212 valence electrons. The Balaban J connectivity index is 2.65. The lowest BCUT2D eigenvalue weighted by Gasteiger charge is -2.43. The van der Waals surface area contributed by atoms with E-state index < -0.39 is 51.9 Å². The van der Waals surface area contributed by atoms with Crippen molar-refractivity contribution in [1.82, 2.24) is 14.9 Å². The number of nitrogens with one attached hydrogen (secondary N) is 2. The highest BCUT2D eigenvalue weighted by atomic mass is 28.4. The number of hydrogen-bond acceptors (Lipinski definition) is 7. The van der Waals surface area contributed by atoms with Crippen LogP contribution < -0.4 is 16.6 Å². The molecule has 1 aromatic rings. The van der Waals surface area contributed by atoms with E-state index >= 15 is 0 Å². The molecule has 2 heterocycles. The van der Waals surface area contributed by atoms with E-state index in [4.69, 9.17) is 13.6 Å². The molecule has 1 fully saturated rings. The van der Waals surface area contributed by atoms with Gasteiger partial charge >= 0.3 is 5.69 Å². The van der Waals surface area contributed by atoms with Crippen LogP contribution in [0.5, 0.6) is 0 Å². The number of aliphatic hydroxyl groups is 1. The molecule has 3 N–H and O–H groups in total. The van der Waals surface area contributed by atoms with Gasteiger partial charge in [-0.1, -0.05) is 41.5 Å². The molecule has 12 heteroatoms. The first kappa shape index (κ1) is 31.6. The molecule has 0 spiro atoms. The Morgan fingerprint density at radius 3 is 2.19 bits per heavy atom. The Hall–Kier alpha value is -1.58. The van der Waals surface area contributed by atoms with E-state index in [-0.39, 0.29) is 29.0 Å². The van der Waals surface area contributed by atoms with Crippen LogP contribution in [-0.2, 0) is 18.4 Å². The summed E-state index contributed by atoms with van der Waals surface area (Å²) in [6, 6.07) is 1.22. The largest absolute Gasteiger partial charge is 0.414 e. The standard InChI is InChI=1S/C25H47N3O7Si2/c1-12-26-19(30)15-25(32)17(16-33-36(8,9)23(2,3)4)34-21(28-14-13-18(29)27-22(28)31)20(25)35-37(10,11)24(5,6)7/h13-14,17,20-21,32H,12,15-16H2,1-11H3,(H,26,30)(H,27,29,31)/t17-,20+,21-,25-/m1/s1. The maximum atomic E-state index is 12.9. The first-order valence-corrected chi connectivity index (χ1v) is 18.8. The van der Waals surface area contributed by atoms with Gasteiger partial charge in [-0.25, -0.2) is 4.79 Å². The van der Waals surface area contributed by atoms with E-state index in [0.717, 1.165) is 0 Å². The van der Waals surface area contributed by atoms with Crippen molar-refractivity contribution in [3.8, 4) is 0 Å². The molecular weight excluding hydrogens is 510 g/mol. The number of hydrogen-bond donors (Lipinski definition) is 3. The van der Waals surface area contributed by atoms with Gasteiger partial charge < -0.3 is 24.0 Å². The van der Waals surface area contributed by atoms with Gasteiger partial charge in [-0.3, -0.25) is 19.1 Å². The lowest BCUT2D eigenvalue weighted by molar-refractivity contribution is -0.135. The second-order valence-electron chi connectivity index (χ2n) is 13.0. The summed E-state index contributed by atoms with van der Waals surface area (Å²) < 4.78 is 20.7. The third kappa shape index (κ3) is 6.90. The number of aromatic nitrogens is 2. The molecular formula is C25H47N3O7Si2. The minimum Gasteiger partial charge on any atom is -0.414 e. The normalized spacial score (nSPS) is 25.4. The second-order valence-corrected chi connectivity index (χ2v) is 22.6. The molecule has 0 saturated carbocycles. The van der Waals surface area contributed by atoms with Crippen molar-refractivity contribution in [2.45, 2.75) is 115 Å². The number of ether oxygens (including phenoxy) is 1. The van der Waals surface area contributed by atoms with Crippen LogP contribution in [0, 0.1) is 0 Å². The molecule has 0 aromatic carbocycles. The first-order valence-electron chi connectivity index (χ1n) is 12.9. The minimum atomic E-state index is -2.54. The summed E-state index contributed by atoms with van der Waals surface area (Å²) >= 11 is 0. The highest BCUT2D eigenvalue weighted by Gasteiger charge is 2.61. The third-order valence-electron chi connectivity index (χ3n) is 8.19. The molecule has 0 aliphatic carbocycles.